The number of nitrogens with one attached hydrogen (secondary N) is 1. The molecule has 0 amide bonds. The first-order valence-corrected chi connectivity index (χ1v) is 7.57. The first kappa shape index (κ1) is 15.1. The van der Waals surface area contributed by atoms with Crippen LogP contribution in [-0.2, 0) is 17.6 Å². The summed E-state index contributed by atoms with van der Waals surface area (Å²) in [4.78, 5) is 19.2. The van der Waals surface area contributed by atoms with Gasteiger partial charge in [-0.15, -0.1) is 0 Å². The fraction of sp³-hybridized carbons (Fsp3) is 0.750. The quantitative estimate of drug-likeness (QED) is 0.885. The SMILES string of the molecule is CC(Cc1nc2c([nH]1)CCCC2C(=O)O)CC(C)(C)C. The molecule has 4 heteroatoms. The summed E-state index contributed by atoms with van der Waals surface area (Å²) in [6, 6.07) is 0. The number of hydrogen-bond acceptors (Lipinski definition) is 2. The summed E-state index contributed by atoms with van der Waals surface area (Å²) in [5.74, 6) is 0.346. The van der Waals surface area contributed by atoms with Gasteiger partial charge in [0.15, 0.2) is 0 Å². The van der Waals surface area contributed by atoms with E-state index >= 15 is 0 Å². The van der Waals surface area contributed by atoms with E-state index in [9.17, 15) is 9.90 Å². The van der Waals surface area contributed by atoms with Crippen LogP contribution in [0.25, 0.3) is 0 Å². The van der Waals surface area contributed by atoms with Crippen molar-refractivity contribution in [1.29, 1.82) is 0 Å². The minimum Gasteiger partial charge on any atom is -0.481 e. The zero-order valence-corrected chi connectivity index (χ0v) is 13.0. The molecule has 0 radical (unpaired) electrons. The van der Waals surface area contributed by atoms with Gasteiger partial charge in [0.25, 0.3) is 0 Å². The topological polar surface area (TPSA) is 66.0 Å². The smallest absolute Gasteiger partial charge is 0.312 e. The molecule has 2 N–H and O–H groups in total. The van der Waals surface area contributed by atoms with Gasteiger partial charge in [-0.3, -0.25) is 4.79 Å². The van der Waals surface area contributed by atoms with Crippen LogP contribution in [0.1, 0.15) is 70.1 Å². The fourth-order valence-electron chi connectivity index (χ4n) is 3.36. The minimum atomic E-state index is -0.744. The van der Waals surface area contributed by atoms with Crippen molar-refractivity contribution in [3.63, 3.8) is 0 Å². The van der Waals surface area contributed by atoms with Crippen molar-refractivity contribution < 1.29 is 9.90 Å². The van der Waals surface area contributed by atoms with E-state index in [1.807, 2.05) is 0 Å². The third kappa shape index (κ3) is 3.62. The number of rotatable bonds is 4. The highest BCUT2D eigenvalue weighted by Crippen LogP contribution is 2.31. The summed E-state index contributed by atoms with van der Waals surface area (Å²) in [7, 11) is 0. The molecule has 1 aromatic heterocycles. The molecule has 1 aliphatic rings. The van der Waals surface area contributed by atoms with E-state index in [0.717, 1.165) is 42.9 Å². The Hall–Kier alpha value is -1.32. The Morgan fingerprint density at radius 1 is 1.50 bits per heavy atom. The van der Waals surface area contributed by atoms with Crippen molar-refractivity contribution >= 4 is 5.97 Å². The maximum atomic E-state index is 11.3. The molecule has 0 saturated carbocycles. The Morgan fingerprint density at radius 2 is 2.20 bits per heavy atom. The van der Waals surface area contributed by atoms with E-state index in [1.165, 1.54) is 0 Å². The van der Waals surface area contributed by atoms with Gasteiger partial charge in [0.2, 0.25) is 0 Å². The Labute approximate surface area is 121 Å². The molecular weight excluding hydrogens is 252 g/mol. The zero-order valence-electron chi connectivity index (χ0n) is 13.0. The predicted octanol–water partition coefficient (Wildman–Crippen LogP) is 3.53. The van der Waals surface area contributed by atoms with Crippen LogP contribution in [-0.4, -0.2) is 21.0 Å². The van der Waals surface area contributed by atoms with E-state index in [1.54, 1.807) is 0 Å². The summed E-state index contributed by atoms with van der Waals surface area (Å²) < 4.78 is 0. The molecule has 0 aliphatic heterocycles. The largest absolute Gasteiger partial charge is 0.481 e. The molecule has 2 atom stereocenters. The number of carboxylic acid groups (broad SMARTS) is 1. The molecule has 2 rings (SSSR count). The number of imidazole rings is 1. The second-order valence-electron chi connectivity index (χ2n) is 7.40. The highest BCUT2D eigenvalue weighted by Gasteiger charge is 2.30. The van der Waals surface area contributed by atoms with Crippen LogP contribution in [0.4, 0.5) is 0 Å². The maximum Gasteiger partial charge on any atom is 0.312 e. The van der Waals surface area contributed by atoms with E-state index in [4.69, 9.17) is 0 Å². The summed E-state index contributed by atoms with van der Waals surface area (Å²) >= 11 is 0. The number of H-pyrrole nitrogens is 1. The summed E-state index contributed by atoms with van der Waals surface area (Å²) in [6.07, 6.45) is 4.62. The number of hydrogen-bond donors (Lipinski definition) is 2. The van der Waals surface area contributed by atoms with Crippen molar-refractivity contribution in [2.24, 2.45) is 11.3 Å². The number of fused-ring (bicyclic) bond motifs is 1. The van der Waals surface area contributed by atoms with Gasteiger partial charge < -0.3 is 10.1 Å². The fourth-order valence-corrected chi connectivity index (χ4v) is 3.36. The Bertz CT molecular complexity index is 485. The molecule has 0 spiro atoms. The van der Waals surface area contributed by atoms with Crippen molar-refractivity contribution in [2.45, 2.75) is 65.7 Å². The molecular formula is C16H26N2O2. The molecule has 0 aromatic carbocycles. The van der Waals surface area contributed by atoms with Crippen molar-refractivity contribution in [3.05, 3.63) is 17.2 Å². The molecule has 20 heavy (non-hydrogen) atoms. The minimum absolute atomic E-state index is 0.315. The third-order valence-corrected chi connectivity index (χ3v) is 3.91. The normalized spacial score (nSPS) is 20.5. The van der Waals surface area contributed by atoms with Gasteiger partial charge >= 0.3 is 5.97 Å². The molecule has 0 bridgehead atoms. The van der Waals surface area contributed by atoms with Crippen LogP contribution in [0.2, 0.25) is 0 Å². The monoisotopic (exact) mass is 278 g/mol. The number of aromatic amines is 1. The van der Waals surface area contributed by atoms with Gasteiger partial charge in [0.05, 0.1) is 5.69 Å². The van der Waals surface area contributed by atoms with Crippen LogP contribution >= 0.6 is 0 Å². The van der Waals surface area contributed by atoms with Crippen LogP contribution in [0.5, 0.6) is 0 Å². The average Bonchev–Trinajstić information content (AvgIpc) is 2.67. The van der Waals surface area contributed by atoms with Crippen LogP contribution in [0, 0.1) is 11.3 Å². The Kier molecular flexibility index (Phi) is 4.21. The first-order valence-electron chi connectivity index (χ1n) is 7.57. The van der Waals surface area contributed by atoms with E-state index in [0.29, 0.717) is 17.8 Å². The third-order valence-electron chi connectivity index (χ3n) is 3.91. The predicted molar refractivity (Wildman–Crippen MR) is 78.8 cm³/mol. The van der Waals surface area contributed by atoms with Gasteiger partial charge in [0.1, 0.15) is 11.7 Å². The second kappa shape index (κ2) is 5.58. The van der Waals surface area contributed by atoms with E-state index in [-0.39, 0.29) is 0 Å². The number of carboxylic acids is 1. The summed E-state index contributed by atoms with van der Waals surface area (Å²) in [5.41, 5.74) is 2.14. The Balaban J connectivity index is 2.10. The molecule has 4 nitrogen and oxygen atoms in total. The van der Waals surface area contributed by atoms with Gasteiger partial charge in [-0.2, -0.15) is 0 Å². The summed E-state index contributed by atoms with van der Waals surface area (Å²) in [5, 5.41) is 9.28. The Morgan fingerprint density at radius 3 is 2.80 bits per heavy atom. The standard InChI is InChI=1S/C16H26N2O2/c1-10(9-16(2,3)4)8-13-17-12-7-5-6-11(15(19)20)14(12)18-13/h10-11H,5-9H2,1-4H3,(H,17,18)(H,19,20). The van der Waals surface area contributed by atoms with Crippen LogP contribution in [0.3, 0.4) is 0 Å². The molecule has 1 aliphatic carbocycles. The molecule has 0 saturated heterocycles. The molecule has 0 fully saturated rings. The molecule has 1 heterocycles. The highest BCUT2D eigenvalue weighted by molar-refractivity contribution is 5.76. The van der Waals surface area contributed by atoms with Crippen LogP contribution in [0.15, 0.2) is 0 Å². The van der Waals surface area contributed by atoms with Crippen molar-refractivity contribution in [3.8, 4) is 0 Å². The average molecular weight is 278 g/mol. The van der Waals surface area contributed by atoms with Gasteiger partial charge in [-0.1, -0.05) is 27.7 Å². The van der Waals surface area contributed by atoms with Crippen molar-refractivity contribution in [2.75, 3.05) is 0 Å². The number of carbonyl (C=O) groups is 1. The van der Waals surface area contributed by atoms with Gasteiger partial charge in [-0.05, 0) is 37.0 Å². The van der Waals surface area contributed by atoms with E-state index in [2.05, 4.69) is 37.7 Å². The van der Waals surface area contributed by atoms with Crippen molar-refractivity contribution in [1.82, 2.24) is 9.97 Å². The number of aliphatic carboxylic acids is 1. The van der Waals surface area contributed by atoms with Gasteiger partial charge in [-0.25, -0.2) is 4.98 Å². The lowest BCUT2D eigenvalue weighted by Crippen LogP contribution is -2.17. The van der Waals surface area contributed by atoms with Gasteiger partial charge in [0, 0.05) is 12.1 Å². The lowest BCUT2D eigenvalue weighted by atomic mass is 9.84. The number of aromatic nitrogens is 2. The first-order chi connectivity index (χ1) is 9.26. The zero-order chi connectivity index (χ0) is 14.9. The molecule has 2 unspecified atom stereocenters. The number of nitrogens with zero attached hydrogens (tertiary/aromatic N) is 1. The highest BCUT2D eigenvalue weighted by atomic mass is 16.4. The van der Waals surface area contributed by atoms with E-state index < -0.39 is 11.9 Å². The molecule has 112 valence electrons. The lowest BCUT2D eigenvalue weighted by Gasteiger charge is -2.22. The maximum absolute atomic E-state index is 11.3. The lowest BCUT2D eigenvalue weighted by molar-refractivity contribution is -0.139. The summed E-state index contributed by atoms with van der Waals surface area (Å²) in [6.45, 7) is 8.98. The number of aryl methyl sites for hydroxylation is 1. The second-order valence-corrected chi connectivity index (χ2v) is 7.40. The molecule has 1 aromatic rings. The van der Waals surface area contributed by atoms with Crippen LogP contribution < -0.4 is 0 Å².